The van der Waals surface area contributed by atoms with Gasteiger partial charge in [0.1, 0.15) is 0 Å². The van der Waals surface area contributed by atoms with Crippen LogP contribution in [0.3, 0.4) is 0 Å². The Morgan fingerprint density at radius 1 is 1.60 bits per heavy atom. The molecule has 0 aliphatic heterocycles. The number of ether oxygens (including phenoxy) is 1. The number of hydrogen-bond acceptors (Lipinski definition) is 5. The Hall–Kier alpha value is -2.11. The highest BCUT2D eigenvalue weighted by Crippen LogP contribution is 2.20. The van der Waals surface area contributed by atoms with Crippen LogP contribution in [0.15, 0.2) is 22.8 Å². The van der Waals surface area contributed by atoms with Crippen LogP contribution in [0.5, 0.6) is 0 Å². The van der Waals surface area contributed by atoms with Crippen LogP contribution in [0.1, 0.15) is 17.4 Å². The van der Waals surface area contributed by atoms with Crippen LogP contribution in [-0.4, -0.2) is 28.0 Å². The van der Waals surface area contributed by atoms with Gasteiger partial charge in [0, 0.05) is 0 Å². The standard InChI is InChI=1S/C9H9N3O3/c1-2-14-9(13)8-7(10-12-11-8)6-4-3-5-15-6/h3-5H,2H2,1H3,(H,10,11,12). The summed E-state index contributed by atoms with van der Waals surface area (Å²) < 4.78 is 9.94. The number of hydrogen-bond donors (Lipinski definition) is 1. The average Bonchev–Trinajstić information content (AvgIpc) is 2.88. The lowest BCUT2D eigenvalue weighted by Gasteiger charge is -1.98. The molecule has 0 fully saturated rings. The molecule has 15 heavy (non-hydrogen) atoms. The van der Waals surface area contributed by atoms with E-state index in [0.717, 1.165) is 0 Å². The van der Waals surface area contributed by atoms with Crippen LogP contribution in [0, 0.1) is 0 Å². The van der Waals surface area contributed by atoms with Crippen molar-refractivity contribution in [3.05, 3.63) is 24.1 Å². The van der Waals surface area contributed by atoms with E-state index in [2.05, 4.69) is 15.4 Å². The zero-order valence-electron chi connectivity index (χ0n) is 8.06. The van der Waals surface area contributed by atoms with Gasteiger partial charge in [-0.25, -0.2) is 4.79 Å². The van der Waals surface area contributed by atoms with E-state index < -0.39 is 5.97 Å². The predicted molar refractivity (Wildman–Crippen MR) is 50.0 cm³/mol. The first-order valence-corrected chi connectivity index (χ1v) is 4.44. The summed E-state index contributed by atoms with van der Waals surface area (Å²) in [6.07, 6.45) is 1.50. The lowest BCUT2D eigenvalue weighted by atomic mass is 10.2. The molecule has 2 heterocycles. The van der Waals surface area contributed by atoms with Crippen molar-refractivity contribution in [2.75, 3.05) is 6.61 Å². The largest absolute Gasteiger partial charge is 0.463 e. The molecule has 0 aliphatic rings. The fourth-order valence-electron chi connectivity index (χ4n) is 1.16. The van der Waals surface area contributed by atoms with Crippen molar-refractivity contribution in [2.24, 2.45) is 0 Å². The molecule has 0 spiro atoms. The summed E-state index contributed by atoms with van der Waals surface area (Å²) in [5.41, 5.74) is 0.491. The molecular formula is C9H9N3O3. The fourth-order valence-corrected chi connectivity index (χ4v) is 1.16. The van der Waals surface area contributed by atoms with Crippen LogP contribution in [0.2, 0.25) is 0 Å². The topological polar surface area (TPSA) is 81.0 Å². The van der Waals surface area contributed by atoms with Gasteiger partial charge in [-0.3, -0.25) is 0 Å². The van der Waals surface area contributed by atoms with Gasteiger partial charge in [0.15, 0.2) is 11.5 Å². The number of esters is 1. The Bertz CT molecular complexity index is 447. The van der Waals surface area contributed by atoms with Crippen LogP contribution >= 0.6 is 0 Å². The monoisotopic (exact) mass is 207 g/mol. The minimum absolute atomic E-state index is 0.131. The molecule has 2 aromatic heterocycles. The summed E-state index contributed by atoms with van der Waals surface area (Å²) in [6.45, 7) is 2.02. The van der Waals surface area contributed by atoms with Gasteiger partial charge in [0.2, 0.25) is 5.69 Å². The molecule has 0 saturated heterocycles. The van der Waals surface area contributed by atoms with Crippen molar-refractivity contribution < 1.29 is 13.9 Å². The van der Waals surface area contributed by atoms with E-state index in [1.165, 1.54) is 6.26 Å². The van der Waals surface area contributed by atoms with Crippen molar-refractivity contribution >= 4 is 5.97 Å². The third-order valence-electron chi connectivity index (χ3n) is 1.77. The van der Waals surface area contributed by atoms with E-state index in [9.17, 15) is 4.79 Å². The Balaban J connectivity index is 2.34. The molecule has 2 rings (SSSR count). The number of rotatable bonds is 3. The van der Waals surface area contributed by atoms with Gasteiger partial charge in [-0.15, -0.1) is 5.10 Å². The van der Waals surface area contributed by atoms with Crippen LogP contribution in [-0.2, 0) is 4.74 Å². The average molecular weight is 207 g/mol. The summed E-state index contributed by atoms with van der Waals surface area (Å²) >= 11 is 0. The van der Waals surface area contributed by atoms with Crippen molar-refractivity contribution in [3.63, 3.8) is 0 Å². The van der Waals surface area contributed by atoms with E-state index in [-0.39, 0.29) is 5.69 Å². The van der Waals surface area contributed by atoms with E-state index in [1.807, 2.05) is 0 Å². The highest BCUT2D eigenvalue weighted by atomic mass is 16.5. The molecule has 2 aromatic rings. The molecule has 0 bridgehead atoms. The van der Waals surface area contributed by atoms with E-state index in [4.69, 9.17) is 9.15 Å². The molecule has 6 heteroatoms. The molecule has 0 saturated carbocycles. The minimum Gasteiger partial charge on any atom is -0.463 e. The molecule has 0 atom stereocenters. The van der Waals surface area contributed by atoms with E-state index in [1.54, 1.807) is 19.1 Å². The van der Waals surface area contributed by atoms with E-state index >= 15 is 0 Å². The number of carbonyl (C=O) groups is 1. The summed E-state index contributed by atoms with van der Waals surface area (Å²) in [7, 11) is 0. The van der Waals surface area contributed by atoms with Crippen molar-refractivity contribution in [3.8, 4) is 11.5 Å². The third-order valence-corrected chi connectivity index (χ3v) is 1.77. The SMILES string of the molecule is CCOC(=O)c1n[nH]nc1-c1ccco1. The second-order valence-corrected chi connectivity index (χ2v) is 2.72. The van der Waals surface area contributed by atoms with Gasteiger partial charge in [-0.05, 0) is 19.1 Å². The number of carbonyl (C=O) groups excluding carboxylic acids is 1. The van der Waals surface area contributed by atoms with Gasteiger partial charge in [0.05, 0.1) is 12.9 Å². The van der Waals surface area contributed by atoms with Crippen LogP contribution < -0.4 is 0 Å². The van der Waals surface area contributed by atoms with Crippen LogP contribution in [0.25, 0.3) is 11.5 Å². The Morgan fingerprint density at radius 2 is 2.47 bits per heavy atom. The zero-order valence-corrected chi connectivity index (χ0v) is 8.06. The van der Waals surface area contributed by atoms with Crippen molar-refractivity contribution in [1.82, 2.24) is 15.4 Å². The number of nitrogens with one attached hydrogen (secondary N) is 1. The number of H-pyrrole nitrogens is 1. The Labute approximate surface area is 85.2 Å². The molecular weight excluding hydrogens is 198 g/mol. The highest BCUT2D eigenvalue weighted by molar-refractivity contribution is 5.93. The Morgan fingerprint density at radius 3 is 3.13 bits per heavy atom. The molecule has 0 amide bonds. The second kappa shape index (κ2) is 3.95. The maximum Gasteiger partial charge on any atom is 0.361 e. The summed E-state index contributed by atoms with van der Waals surface area (Å²) in [4.78, 5) is 11.4. The first kappa shape index (κ1) is 9.45. The highest BCUT2D eigenvalue weighted by Gasteiger charge is 2.20. The second-order valence-electron chi connectivity index (χ2n) is 2.72. The lowest BCUT2D eigenvalue weighted by Crippen LogP contribution is -2.06. The predicted octanol–water partition coefficient (Wildman–Crippen LogP) is 1.24. The maximum atomic E-state index is 11.4. The first-order valence-electron chi connectivity index (χ1n) is 4.44. The first-order chi connectivity index (χ1) is 7.33. The Kier molecular flexibility index (Phi) is 2.49. The molecule has 1 N–H and O–H groups in total. The molecule has 0 aliphatic carbocycles. The van der Waals surface area contributed by atoms with Crippen LogP contribution in [0.4, 0.5) is 0 Å². The third kappa shape index (κ3) is 1.74. The quantitative estimate of drug-likeness (QED) is 0.766. The smallest absolute Gasteiger partial charge is 0.361 e. The number of aromatic amines is 1. The van der Waals surface area contributed by atoms with Gasteiger partial charge in [-0.1, -0.05) is 0 Å². The van der Waals surface area contributed by atoms with Gasteiger partial charge in [0.25, 0.3) is 0 Å². The molecule has 0 unspecified atom stereocenters. The van der Waals surface area contributed by atoms with Gasteiger partial charge in [-0.2, -0.15) is 10.3 Å². The maximum absolute atomic E-state index is 11.4. The summed E-state index contributed by atoms with van der Waals surface area (Å²) in [5, 5.41) is 9.92. The molecule has 0 aromatic carbocycles. The molecule has 0 radical (unpaired) electrons. The number of nitrogens with zero attached hydrogens (tertiary/aromatic N) is 2. The lowest BCUT2D eigenvalue weighted by molar-refractivity contribution is 0.0520. The van der Waals surface area contributed by atoms with Gasteiger partial charge < -0.3 is 9.15 Å². The van der Waals surface area contributed by atoms with Gasteiger partial charge >= 0.3 is 5.97 Å². The fraction of sp³-hybridized carbons (Fsp3) is 0.222. The molecule has 78 valence electrons. The van der Waals surface area contributed by atoms with E-state index in [0.29, 0.717) is 18.1 Å². The van der Waals surface area contributed by atoms with Crippen molar-refractivity contribution in [1.29, 1.82) is 0 Å². The molecule has 6 nitrogen and oxygen atoms in total. The number of aromatic nitrogens is 3. The summed E-state index contributed by atoms with van der Waals surface area (Å²) in [5.74, 6) is -0.0375. The normalized spacial score (nSPS) is 10.2. The number of furan rings is 1. The van der Waals surface area contributed by atoms with Crippen molar-refractivity contribution in [2.45, 2.75) is 6.92 Å². The zero-order chi connectivity index (χ0) is 10.7. The summed E-state index contributed by atoms with van der Waals surface area (Å²) in [6, 6.07) is 3.40. The minimum atomic E-state index is -0.516.